The van der Waals surface area contributed by atoms with E-state index in [1.165, 1.54) is 10.9 Å². The molecule has 1 amide bonds. The topological polar surface area (TPSA) is 130 Å². The number of benzene rings is 1. The van der Waals surface area contributed by atoms with E-state index in [0.717, 1.165) is 23.2 Å². The van der Waals surface area contributed by atoms with Gasteiger partial charge >= 0.3 is 5.69 Å². The third kappa shape index (κ3) is 4.76. The Morgan fingerprint density at radius 1 is 1.24 bits per heavy atom. The summed E-state index contributed by atoms with van der Waals surface area (Å²) in [5.74, 6) is 0.909. The molecule has 4 aromatic rings. The number of nitrogens with one attached hydrogen (secondary N) is 1. The first-order valence-electron chi connectivity index (χ1n) is 10.1. The Bertz CT molecular complexity index is 1320. The van der Waals surface area contributed by atoms with Crippen LogP contribution in [0.4, 0.5) is 11.4 Å². The van der Waals surface area contributed by atoms with Gasteiger partial charge in [0.2, 0.25) is 0 Å². The third-order valence-corrected chi connectivity index (χ3v) is 5.12. The van der Waals surface area contributed by atoms with E-state index in [-0.39, 0.29) is 18.0 Å². The lowest BCUT2D eigenvalue weighted by Crippen LogP contribution is -2.12. The fourth-order valence-corrected chi connectivity index (χ4v) is 3.43. The van der Waals surface area contributed by atoms with Crippen LogP contribution >= 0.6 is 0 Å². The standard InChI is InChI=1S/C22H22N6O5/c1-14-21(15(2)27(25-14)11-16-5-4-6-18(9-16)32-3)24-22(29)20-8-7-19(33-20)13-26-12-17(10-23-26)28(30)31/h4-10,12H,11,13H2,1-3H3,(H,24,29). The number of amides is 1. The Balaban J connectivity index is 1.45. The molecular weight excluding hydrogens is 428 g/mol. The summed E-state index contributed by atoms with van der Waals surface area (Å²) in [5.41, 5.74) is 3.01. The Kier molecular flexibility index (Phi) is 5.94. The summed E-state index contributed by atoms with van der Waals surface area (Å²) in [5, 5.41) is 22.1. The van der Waals surface area contributed by atoms with Crippen molar-refractivity contribution in [3.63, 3.8) is 0 Å². The van der Waals surface area contributed by atoms with E-state index < -0.39 is 10.8 Å². The molecule has 3 heterocycles. The summed E-state index contributed by atoms with van der Waals surface area (Å²) in [6.45, 7) is 4.40. The highest BCUT2D eigenvalue weighted by Gasteiger charge is 2.18. The van der Waals surface area contributed by atoms with Crippen molar-refractivity contribution in [3.05, 3.63) is 87.4 Å². The van der Waals surface area contributed by atoms with E-state index in [4.69, 9.17) is 9.15 Å². The lowest BCUT2D eigenvalue weighted by Gasteiger charge is -2.08. The van der Waals surface area contributed by atoms with Crippen LogP contribution in [0.5, 0.6) is 5.75 Å². The van der Waals surface area contributed by atoms with Gasteiger partial charge in [0.25, 0.3) is 5.91 Å². The maximum atomic E-state index is 12.8. The van der Waals surface area contributed by atoms with Crippen molar-refractivity contribution in [2.75, 3.05) is 12.4 Å². The zero-order chi connectivity index (χ0) is 23.5. The zero-order valence-corrected chi connectivity index (χ0v) is 18.3. The molecule has 11 heteroatoms. The number of rotatable bonds is 8. The number of carbonyl (C=O) groups excluding carboxylic acids is 1. The average Bonchev–Trinajstić information content (AvgIpc) is 3.51. The van der Waals surface area contributed by atoms with E-state index in [1.807, 2.05) is 42.8 Å². The number of aryl methyl sites for hydroxylation is 1. The number of methoxy groups -OCH3 is 1. The van der Waals surface area contributed by atoms with Gasteiger partial charge in [-0.3, -0.25) is 24.3 Å². The number of ether oxygens (including phenoxy) is 1. The van der Waals surface area contributed by atoms with E-state index in [0.29, 0.717) is 23.7 Å². The van der Waals surface area contributed by atoms with Crippen LogP contribution in [0.15, 0.2) is 53.2 Å². The predicted octanol–water partition coefficient (Wildman–Crippen LogP) is 3.56. The Hall–Kier alpha value is -4.41. The molecule has 0 saturated heterocycles. The fourth-order valence-electron chi connectivity index (χ4n) is 3.43. The summed E-state index contributed by atoms with van der Waals surface area (Å²) in [4.78, 5) is 23.0. The minimum Gasteiger partial charge on any atom is -0.497 e. The number of aromatic nitrogens is 4. The quantitative estimate of drug-likeness (QED) is 0.321. The van der Waals surface area contributed by atoms with Crippen LogP contribution in [0.1, 0.15) is 33.3 Å². The van der Waals surface area contributed by atoms with Gasteiger partial charge in [0.15, 0.2) is 5.76 Å². The van der Waals surface area contributed by atoms with Crippen molar-refractivity contribution in [3.8, 4) is 5.75 Å². The van der Waals surface area contributed by atoms with Crippen molar-refractivity contribution in [2.45, 2.75) is 26.9 Å². The van der Waals surface area contributed by atoms with Crippen LogP contribution in [0, 0.1) is 24.0 Å². The molecule has 0 fully saturated rings. The lowest BCUT2D eigenvalue weighted by molar-refractivity contribution is -0.385. The van der Waals surface area contributed by atoms with E-state index in [1.54, 1.807) is 19.2 Å². The number of hydrogen-bond donors (Lipinski definition) is 1. The molecule has 3 aromatic heterocycles. The molecule has 0 saturated carbocycles. The highest BCUT2D eigenvalue weighted by molar-refractivity contribution is 6.02. The number of nitrogens with zero attached hydrogens (tertiary/aromatic N) is 5. The van der Waals surface area contributed by atoms with Crippen molar-refractivity contribution in [1.29, 1.82) is 0 Å². The van der Waals surface area contributed by atoms with Crippen LogP contribution in [0.25, 0.3) is 0 Å². The van der Waals surface area contributed by atoms with E-state index in [9.17, 15) is 14.9 Å². The van der Waals surface area contributed by atoms with Gasteiger partial charge in [0, 0.05) is 0 Å². The van der Waals surface area contributed by atoms with Crippen LogP contribution < -0.4 is 10.1 Å². The number of anilines is 1. The van der Waals surface area contributed by atoms with Crippen molar-refractivity contribution < 1.29 is 18.9 Å². The summed E-state index contributed by atoms with van der Waals surface area (Å²) >= 11 is 0. The number of carbonyl (C=O) groups is 1. The molecule has 33 heavy (non-hydrogen) atoms. The van der Waals surface area contributed by atoms with Gasteiger partial charge in [-0.25, -0.2) is 0 Å². The maximum Gasteiger partial charge on any atom is 0.307 e. The third-order valence-electron chi connectivity index (χ3n) is 5.12. The highest BCUT2D eigenvalue weighted by atomic mass is 16.6. The van der Waals surface area contributed by atoms with Gasteiger partial charge in [-0.05, 0) is 43.7 Å². The fraction of sp³-hybridized carbons (Fsp3) is 0.227. The highest BCUT2D eigenvalue weighted by Crippen LogP contribution is 2.23. The predicted molar refractivity (Wildman–Crippen MR) is 118 cm³/mol. The van der Waals surface area contributed by atoms with E-state index in [2.05, 4.69) is 15.5 Å². The SMILES string of the molecule is COc1cccc(Cn2nc(C)c(NC(=O)c3ccc(Cn4cc([N+](=O)[O-])cn4)o3)c2C)c1. The molecule has 0 spiro atoms. The van der Waals surface area contributed by atoms with Gasteiger partial charge in [0.1, 0.15) is 23.9 Å². The van der Waals surface area contributed by atoms with Gasteiger partial charge in [-0.2, -0.15) is 10.2 Å². The summed E-state index contributed by atoms with van der Waals surface area (Å²) in [6.07, 6.45) is 2.46. The molecule has 11 nitrogen and oxygen atoms in total. The van der Waals surface area contributed by atoms with Crippen molar-refractivity contribution >= 4 is 17.3 Å². The first kappa shape index (κ1) is 21.8. The summed E-state index contributed by atoms with van der Waals surface area (Å²) < 4.78 is 14.1. The molecule has 0 radical (unpaired) electrons. The second-order valence-corrected chi connectivity index (χ2v) is 7.43. The van der Waals surface area contributed by atoms with Gasteiger partial charge in [-0.1, -0.05) is 12.1 Å². The zero-order valence-electron chi connectivity index (χ0n) is 18.3. The second kappa shape index (κ2) is 8.99. The monoisotopic (exact) mass is 450 g/mol. The molecule has 0 bridgehead atoms. The van der Waals surface area contributed by atoms with Crippen molar-refractivity contribution in [2.24, 2.45) is 0 Å². The number of nitro groups is 1. The average molecular weight is 450 g/mol. The maximum absolute atomic E-state index is 12.8. The summed E-state index contributed by atoms with van der Waals surface area (Å²) in [7, 11) is 1.62. The summed E-state index contributed by atoms with van der Waals surface area (Å²) in [6, 6.07) is 10.9. The van der Waals surface area contributed by atoms with Crippen LogP contribution in [0.3, 0.4) is 0 Å². The van der Waals surface area contributed by atoms with Crippen molar-refractivity contribution in [1.82, 2.24) is 19.6 Å². The number of hydrogen-bond acceptors (Lipinski definition) is 7. The largest absolute Gasteiger partial charge is 0.497 e. The van der Waals surface area contributed by atoms with Crippen LogP contribution in [0.2, 0.25) is 0 Å². The van der Waals surface area contributed by atoms with Gasteiger partial charge < -0.3 is 14.5 Å². The van der Waals surface area contributed by atoms with E-state index >= 15 is 0 Å². The molecule has 0 aliphatic rings. The lowest BCUT2D eigenvalue weighted by atomic mass is 10.2. The molecule has 4 rings (SSSR count). The molecule has 0 atom stereocenters. The minimum atomic E-state index is -0.524. The molecule has 0 aliphatic carbocycles. The molecular formula is C22H22N6O5. The van der Waals surface area contributed by atoms with Gasteiger partial charge in [0.05, 0.1) is 42.2 Å². The van der Waals surface area contributed by atoms with Gasteiger partial charge in [-0.15, -0.1) is 0 Å². The molecule has 0 aliphatic heterocycles. The number of furan rings is 1. The normalized spacial score (nSPS) is 10.9. The molecule has 0 unspecified atom stereocenters. The Labute approximate surface area is 188 Å². The molecule has 1 aromatic carbocycles. The molecule has 1 N–H and O–H groups in total. The minimum absolute atomic E-state index is 0.114. The molecule has 170 valence electrons. The van der Waals surface area contributed by atoms with Crippen LogP contribution in [-0.2, 0) is 13.1 Å². The Morgan fingerprint density at radius 2 is 2.06 bits per heavy atom. The smallest absolute Gasteiger partial charge is 0.307 e. The first-order chi connectivity index (χ1) is 15.8. The second-order valence-electron chi connectivity index (χ2n) is 7.43. The van der Waals surface area contributed by atoms with Crippen LogP contribution in [-0.4, -0.2) is 37.5 Å². The Morgan fingerprint density at radius 3 is 2.79 bits per heavy atom. The first-order valence-corrected chi connectivity index (χ1v) is 10.1.